The van der Waals surface area contributed by atoms with Crippen molar-refractivity contribution in [2.75, 3.05) is 7.11 Å². The molecule has 0 saturated heterocycles. The van der Waals surface area contributed by atoms with Gasteiger partial charge in [0.05, 0.1) is 0 Å². The van der Waals surface area contributed by atoms with Crippen LogP contribution in [0.25, 0.3) is 0 Å². The van der Waals surface area contributed by atoms with Crippen molar-refractivity contribution < 1.29 is 14.6 Å². The normalized spacial score (nSPS) is 14.9. The standard InChI is InChI=1S/C10H12O3/c1-10(7-11,13-2)8-5-3-4-6-9(8)12/h3-7,12H,1-2H3. The van der Waals surface area contributed by atoms with Crippen LogP contribution < -0.4 is 0 Å². The number of phenols is 1. The molecule has 0 amide bonds. The van der Waals surface area contributed by atoms with Gasteiger partial charge in [0.25, 0.3) is 0 Å². The Morgan fingerprint density at radius 3 is 2.54 bits per heavy atom. The third-order valence-corrected chi connectivity index (χ3v) is 2.09. The Kier molecular flexibility index (Phi) is 2.68. The van der Waals surface area contributed by atoms with Crippen LogP contribution in [0.1, 0.15) is 12.5 Å². The lowest BCUT2D eigenvalue weighted by atomic mass is 9.96. The lowest BCUT2D eigenvalue weighted by Crippen LogP contribution is -2.25. The molecular weight excluding hydrogens is 168 g/mol. The first-order chi connectivity index (χ1) is 6.14. The van der Waals surface area contributed by atoms with E-state index in [1.165, 1.54) is 13.2 Å². The van der Waals surface area contributed by atoms with Crippen LogP contribution in [-0.2, 0) is 15.1 Å². The third-order valence-electron chi connectivity index (χ3n) is 2.09. The molecule has 1 N–H and O–H groups in total. The zero-order chi connectivity index (χ0) is 9.90. The SMILES string of the molecule is COC(C)(C=O)c1ccccc1O. The summed E-state index contributed by atoms with van der Waals surface area (Å²) in [5.41, 5.74) is -0.585. The Balaban J connectivity index is 3.19. The van der Waals surface area contributed by atoms with Crippen LogP contribution in [0.2, 0.25) is 0 Å². The molecule has 1 rings (SSSR count). The molecule has 0 heterocycles. The summed E-state index contributed by atoms with van der Waals surface area (Å²) in [7, 11) is 1.43. The molecule has 1 unspecified atom stereocenters. The van der Waals surface area contributed by atoms with Gasteiger partial charge in [0.15, 0.2) is 6.29 Å². The van der Waals surface area contributed by atoms with Gasteiger partial charge in [-0.25, -0.2) is 0 Å². The summed E-state index contributed by atoms with van der Waals surface area (Å²) in [4.78, 5) is 10.8. The van der Waals surface area contributed by atoms with Crippen molar-refractivity contribution in [2.24, 2.45) is 0 Å². The van der Waals surface area contributed by atoms with Gasteiger partial charge in [0, 0.05) is 12.7 Å². The molecule has 3 nitrogen and oxygen atoms in total. The fraction of sp³-hybridized carbons (Fsp3) is 0.300. The quantitative estimate of drug-likeness (QED) is 0.716. The number of para-hydroxylation sites is 1. The van der Waals surface area contributed by atoms with E-state index in [1.54, 1.807) is 25.1 Å². The molecule has 0 bridgehead atoms. The molecule has 70 valence electrons. The van der Waals surface area contributed by atoms with Crippen molar-refractivity contribution in [3.8, 4) is 5.75 Å². The van der Waals surface area contributed by atoms with Crippen LogP contribution in [-0.4, -0.2) is 18.5 Å². The number of hydrogen-bond donors (Lipinski definition) is 1. The van der Waals surface area contributed by atoms with Gasteiger partial charge in [-0.1, -0.05) is 18.2 Å². The fourth-order valence-corrected chi connectivity index (χ4v) is 1.11. The maximum atomic E-state index is 10.8. The Morgan fingerprint density at radius 2 is 2.08 bits per heavy atom. The molecule has 0 aromatic heterocycles. The second kappa shape index (κ2) is 3.58. The number of carbonyl (C=O) groups is 1. The molecule has 0 spiro atoms. The molecule has 0 aliphatic heterocycles. The summed E-state index contributed by atoms with van der Waals surface area (Å²) in [5.74, 6) is 0.0685. The summed E-state index contributed by atoms with van der Waals surface area (Å²) in [6.45, 7) is 1.61. The Hall–Kier alpha value is -1.35. The van der Waals surface area contributed by atoms with E-state index in [0.29, 0.717) is 11.8 Å². The Bertz CT molecular complexity index is 309. The first kappa shape index (κ1) is 9.74. The van der Waals surface area contributed by atoms with Crippen LogP contribution in [0.15, 0.2) is 24.3 Å². The molecule has 13 heavy (non-hydrogen) atoms. The molecule has 1 aromatic carbocycles. The number of benzene rings is 1. The molecule has 1 aromatic rings. The maximum absolute atomic E-state index is 10.8. The highest BCUT2D eigenvalue weighted by Crippen LogP contribution is 2.29. The van der Waals surface area contributed by atoms with Crippen molar-refractivity contribution in [1.82, 2.24) is 0 Å². The van der Waals surface area contributed by atoms with Crippen molar-refractivity contribution in [3.05, 3.63) is 29.8 Å². The van der Waals surface area contributed by atoms with E-state index in [9.17, 15) is 9.90 Å². The summed E-state index contributed by atoms with van der Waals surface area (Å²) in [6.07, 6.45) is 0.669. The van der Waals surface area contributed by atoms with Gasteiger partial charge in [-0.3, -0.25) is 4.79 Å². The average Bonchev–Trinajstić information content (AvgIpc) is 2.17. The molecule has 0 aliphatic rings. The number of hydrogen-bond acceptors (Lipinski definition) is 3. The van der Waals surface area contributed by atoms with Crippen molar-refractivity contribution in [2.45, 2.75) is 12.5 Å². The number of methoxy groups -OCH3 is 1. The van der Waals surface area contributed by atoms with E-state index >= 15 is 0 Å². The Morgan fingerprint density at radius 1 is 1.46 bits per heavy atom. The number of ether oxygens (including phenoxy) is 1. The van der Waals surface area contributed by atoms with E-state index in [1.807, 2.05) is 0 Å². The number of aldehydes is 1. The minimum atomic E-state index is -1.06. The second-order valence-corrected chi connectivity index (χ2v) is 2.95. The highest BCUT2D eigenvalue weighted by atomic mass is 16.5. The van der Waals surface area contributed by atoms with E-state index in [2.05, 4.69) is 0 Å². The van der Waals surface area contributed by atoms with E-state index in [0.717, 1.165) is 0 Å². The van der Waals surface area contributed by atoms with Crippen LogP contribution >= 0.6 is 0 Å². The summed E-state index contributed by atoms with van der Waals surface area (Å²) in [5, 5.41) is 9.47. The molecule has 3 heteroatoms. The zero-order valence-electron chi connectivity index (χ0n) is 7.65. The van der Waals surface area contributed by atoms with Crippen LogP contribution in [0.3, 0.4) is 0 Å². The lowest BCUT2D eigenvalue weighted by Gasteiger charge is -2.22. The van der Waals surface area contributed by atoms with Crippen LogP contribution in [0, 0.1) is 0 Å². The average molecular weight is 180 g/mol. The predicted molar refractivity (Wildman–Crippen MR) is 48.5 cm³/mol. The largest absolute Gasteiger partial charge is 0.508 e. The zero-order valence-corrected chi connectivity index (χ0v) is 7.65. The van der Waals surface area contributed by atoms with Crippen molar-refractivity contribution in [1.29, 1.82) is 0 Å². The lowest BCUT2D eigenvalue weighted by molar-refractivity contribution is -0.126. The predicted octanol–water partition coefficient (Wildman–Crippen LogP) is 1.45. The first-order valence-electron chi connectivity index (χ1n) is 3.94. The molecular formula is C10H12O3. The maximum Gasteiger partial charge on any atom is 0.156 e. The van der Waals surface area contributed by atoms with E-state index < -0.39 is 5.60 Å². The van der Waals surface area contributed by atoms with Gasteiger partial charge >= 0.3 is 0 Å². The second-order valence-electron chi connectivity index (χ2n) is 2.95. The smallest absolute Gasteiger partial charge is 0.156 e. The van der Waals surface area contributed by atoms with Crippen LogP contribution in [0.4, 0.5) is 0 Å². The number of aromatic hydroxyl groups is 1. The minimum absolute atomic E-state index is 0.0685. The van der Waals surface area contributed by atoms with Crippen molar-refractivity contribution in [3.63, 3.8) is 0 Å². The number of rotatable bonds is 3. The van der Waals surface area contributed by atoms with E-state index in [4.69, 9.17) is 4.74 Å². The summed E-state index contributed by atoms with van der Waals surface area (Å²) in [6, 6.07) is 6.62. The minimum Gasteiger partial charge on any atom is -0.508 e. The third kappa shape index (κ3) is 1.70. The topological polar surface area (TPSA) is 46.5 Å². The van der Waals surface area contributed by atoms with Crippen LogP contribution in [0.5, 0.6) is 5.75 Å². The highest BCUT2D eigenvalue weighted by Gasteiger charge is 2.27. The number of carbonyl (C=O) groups excluding carboxylic acids is 1. The molecule has 1 atom stereocenters. The van der Waals surface area contributed by atoms with E-state index in [-0.39, 0.29) is 5.75 Å². The highest BCUT2D eigenvalue weighted by molar-refractivity contribution is 5.67. The van der Waals surface area contributed by atoms with Gasteiger partial charge in [-0.05, 0) is 13.0 Å². The molecule has 0 radical (unpaired) electrons. The molecule has 0 fully saturated rings. The Labute approximate surface area is 77.0 Å². The molecule has 0 aliphatic carbocycles. The van der Waals surface area contributed by atoms with Gasteiger partial charge in [-0.15, -0.1) is 0 Å². The summed E-state index contributed by atoms with van der Waals surface area (Å²) >= 11 is 0. The number of phenolic OH excluding ortho intramolecular Hbond substituents is 1. The van der Waals surface area contributed by atoms with Gasteiger partial charge in [0.1, 0.15) is 11.4 Å². The molecule has 0 saturated carbocycles. The first-order valence-corrected chi connectivity index (χ1v) is 3.94. The van der Waals surface area contributed by atoms with Gasteiger partial charge in [0.2, 0.25) is 0 Å². The van der Waals surface area contributed by atoms with Crippen molar-refractivity contribution >= 4 is 6.29 Å². The van der Waals surface area contributed by atoms with Gasteiger partial charge in [-0.2, -0.15) is 0 Å². The van der Waals surface area contributed by atoms with Gasteiger partial charge < -0.3 is 9.84 Å². The monoisotopic (exact) mass is 180 g/mol. The summed E-state index contributed by atoms with van der Waals surface area (Å²) < 4.78 is 5.03. The fourth-order valence-electron chi connectivity index (χ4n) is 1.11.